The van der Waals surface area contributed by atoms with Crippen LogP contribution in [0.1, 0.15) is 50.7 Å². The topological polar surface area (TPSA) is 62.5 Å². The minimum absolute atomic E-state index is 0.0929. The lowest BCUT2D eigenvalue weighted by molar-refractivity contribution is -0.127. The summed E-state index contributed by atoms with van der Waals surface area (Å²) in [5, 5.41) is 13.8. The van der Waals surface area contributed by atoms with Gasteiger partial charge in [-0.2, -0.15) is 0 Å². The average molecular weight is 277 g/mol. The Bertz CT molecular complexity index is 446. The molecule has 1 aromatic heterocycles. The molecule has 0 bridgehead atoms. The van der Waals surface area contributed by atoms with Gasteiger partial charge in [0.1, 0.15) is 11.4 Å². The zero-order valence-corrected chi connectivity index (χ0v) is 11.8. The van der Waals surface area contributed by atoms with Crippen LogP contribution in [0.5, 0.6) is 0 Å². The Hall–Kier alpha value is -1.29. The van der Waals surface area contributed by atoms with E-state index < -0.39 is 5.60 Å². The van der Waals surface area contributed by atoms with Crippen LogP contribution in [0.25, 0.3) is 0 Å². The number of rotatable bonds is 5. The monoisotopic (exact) mass is 277 g/mol. The Morgan fingerprint density at radius 2 is 2.05 bits per heavy atom. The molecule has 2 saturated carbocycles. The van der Waals surface area contributed by atoms with Gasteiger partial charge in [0.15, 0.2) is 0 Å². The lowest BCUT2D eigenvalue weighted by atomic mass is 9.88. The van der Waals surface area contributed by atoms with Gasteiger partial charge in [-0.1, -0.05) is 19.3 Å². The molecule has 3 rings (SSSR count). The van der Waals surface area contributed by atoms with E-state index in [1.54, 1.807) is 18.4 Å². The molecule has 0 saturated heterocycles. The van der Waals surface area contributed by atoms with Gasteiger partial charge in [-0.3, -0.25) is 4.79 Å². The van der Waals surface area contributed by atoms with E-state index in [2.05, 4.69) is 5.32 Å². The molecule has 1 unspecified atom stereocenters. The zero-order valence-electron chi connectivity index (χ0n) is 11.8. The highest BCUT2D eigenvalue weighted by atomic mass is 16.4. The number of amides is 1. The number of furan rings is 1. The molecule has 20 heavy (non-hydrogen) atoms. The van der Waals surface area contributed by atoms with Gasteiger partial charge in [0, 0.05) is 5.92 Å². The molecule has 1 aromatic rings. The van der Waals surface area contributed by atoms with Crippen molar-refractivity contribution in [3.8, 4) is 0 Å². The Balaban J connectivity index is 1.61. The van der Waals surface area contributed by atoms with Crippen LogP contribution in [-0.2, 0) is 10.4 Å². The van der Waals surface area contributed by atoms with E-state index in [1.807, 2.05) is 0 Å². The smallest absolute Gasteiger partial charge is 0.223 e. The molecule has 1 amide bonds. The number of hydrogen-bond acceptors (Lipinski definition) is 3. The largest absolute Gasteiger partial charge is 0.466 e. The number of carbonyl (C=O) groups excluding carboxylic acids is 1. The van der Waals surface area contributed by atoms with Crippen LogP contribution in [-0.4, -0.2) is 17.6 Å². The summed E-state index contributed by atoms with van der Waals surface area (Å²) in [4.78, 5) is 12.2. The van der Waals surface area contributed by atoms with Crippen molar-refractivity contribution in [2.75, 3.05) is 6.54 Å². The molecule has 4 heteroatoms. The fourth-order valence-electron chi connectivity index (χ4n) is 3.25. The minimum atomic E-state index is -1.03. The first-order valence-corrected chi connectivity index (χ1v) is 7.74. The van der Waals surface area contributed by atoms with Crippen molar-refractivity contribution in [1.82, 2.24) is 5.32 Å². The quantitative estimate of drug-likeness (QED) is 0.869. The predicted molar refractivity (Wildman–Crippen MR) is 74.9 cm³/mol. The molecule has 1 heterocycles. The van der Waals surface area contributed by atoms with Gasteiger partial charge in [-0.25, -0.2) is 0 Å². The second kappa shape index (κ2) is 5.60. The molecule has 0 radical (unpaired) electrons. The van der Waals surface area contributed by atoms with E-state index in [0.29, 0.717) is 5.76 Å². The third-order valence-corrected chi connectivity index (χ3v) is 4.71. The second-order valence-corrected chi connectivity index (χ2v) is 6.23. The second-order valence-electron chi connectivity index (χ2n) is 6.23. The molecule has 0 aliphatic heterocycles. The Morgan fingerprint density at radius 1 is 1.30 bits per heavy atom. The first kappa shape index (κ1) is 13.7. The van der Waals surface area contributed by atoms with Crippen LogP contribution in [0.15, 0.2) is 22.8 Å². The van der Waals surface area contributed by atoms with Crippen molar-refractivity contribution in [2.45, 2.75) is 50.5 Å². The molecule has 0 spiro atoms. The molecule has 0 aromatic carbocycles. The van der Waals surface area contributed by atoms with Crippen molar-refractivity contribution in [3.05, 3.63) is 24.2 Å². The van der Waals surface area contributed by atoms with E-state index >= 15 is 0 Å². The molecule has 2 aliphatic carbocycles. The number of carbonyl (C=O) groups is 1. The maximum absolute atomic E-state index is 12.2. The first-order valence-electron chi connectivity index (χ1n) is 7.74. The van der Waals surface area contributed by atoms with Crippen LogP contribution in [0, 0.1) is 11.8 Å². The van der Waals surface area contributed by atoms with Gasteiger partial charge >= 0.3 is 0 Å². The van der Waals surface area contributed by atoms with Gasteiger partial charge in [0.2, 0.25) is 5.91 Å². The third-order valence-electron chi connectivity index (χ3n) is 4.71. The van der Waals surface area contributed by atoms with E-state index in [1.165, 1.54) is 6.42 Å². The standard InChI is InChI=1S/C16H23NO3/c18-15(12-5-2-1-3-6-12)17-11-16(19,13-8-9-13)14-7-4-10-20-14/h4,7,10,12-13,19H,1-3,5-6,8-9,11H2,(H,17,18). The van der Waals surface area contributed by atoms with Crippen LogP contribution in [0.4, 0.5) is 0 Å². The molecule has 1 atom stereocenters. The van der Waals surface area contributed by atoms with Crippen LogP contribution in [0.2, 0.25) is 0 Å². The van der Waals surface area contributed by atoms with Crippen molar-refractivity contribution < 1.29 is 14.3 Å². The van der Waals surface area contributed by atoms with Gasteiger partial charge in [0.25, 0.3) is 0 Å². The molecule has 2 aliphatic rings. The van der Waals surface area contributed by atoms with Crippen molar-refractivity contribution in [2.24, 2.45) is 11.8 Å². The number of aliphatic hydroxyl groups is 1. The van der Waals surface area contributed by atoms with Crippen LogP contribution >= 0.6 is 0 Å². The van der Waals surface area contributed by atoms with Crippen molar-refractivity contribution in [1.29, 1.82) is 0 Å². The van der Waals surface area contributed by atoms with E-state index in [-0.39, 0.29) is 24.3 Å². The molecule has 4 nitrogen and oxygen atoms in total. The van der Waals surface area contributed by atoms with E-state index in [0.717, 1.165) is 38.5 Å². The van der Waals surface area contributed by atoms with Crippen LogP contribution in [0.3, 0.4) is 0 Å². The van der Waals surface area contributed by atoms with E-state index in [4.69, 9.17) is 4.42 Å². The fraction of sp³-hybridized carbons (Fsp3) is 0.688. The summed E-state index contributed by atoms with van der Waals surface area (Å²) in [6.45, 7) is 0.264. The summed E-state index contributed by atoms with van der Waals surface area (Å²) in [5.41, 5.74) is -1.03. The SMILES string of the molecule is O=C(NCC(O)(c1ccco1)C1CC1)C1CCCCC1. The summed E-state index contributed by atoms with van der Waals surface area (Å²) in [7, 11) is 0. The molecule has 2 fully saturated rings. The van der Waals surface area contributed by atoms with Gasteiger partial charge in [-0.15, -0.1) is 0 Å². The third kappa shape index (κ3) is 2.75. The normalized spacial score (nSPS) is 23.2. The van der Waals surface area contributed by atoms with E-state index in [9.17, 15) is 9.90 Å². The molecular formula is C16H23NO3. The van der Waals surface area contributed by atoms with Crippen LogP contribution < -0.4 is 5.32 Å². The lowest BCUT2D eigenvalue weighted by Crippen LogP contribution is -2.44. The summed E-state index contributed by atoms with van der Waals surface area (Å²) >= 11 is 0. The molecular weight excluding hydrogens is 254 g/mol. The highest BCUT2D eigenvalue weighted by molar-refractivity contribution is 5.78. The maximum Gasteiger partial charge on any atom is 0.223 e. The maximum atomic E-state index is 12.2. The summed E-state index contributed by atoms with van der Waals surface area (Å²) < 4.78 is 5.38. The Labute approximate surface area is 119 Å². The average Bonchev–Trinajstić information content (AvgIpc) is 3.20. The molecule has 110 valence electrons. The van der Waals surface area contributed by atoms with Gasteiger partial charge < -0.3 is 14.8 Å². The Kier molecular flexibility index (Phi) is 3.83. The highest BCUT2D eigenvalue weighted by Gasteiger charge is 2.47. The first-order chi connectivity index (χ1) is 9.70. The fourth-order valence-corrected chi connectivity index (χ4v) is 3.25. The number of hydrogen-bond donors (Lipinski definition) is 2. The summed E-state index contributed by atoms with van der Waals surface area (Å²) in [5.74, 6) is 1.00. The summed E-state index contributed by atoms with van der Waals surface area (Å²) in [6, 6.07) is 3.58. The van der Waals surface area contributed by atoms with Crippen molar-refractivity contribution in [3.63, 3.8) is 0 Å². The minimum Gasteiger partial charge on any atom is -0.466 e. The van der Waals surface area contributed by atoms with Crippen molar-refractivity contribution >= 4 is 5.91 Å². The predicted octanol–water partition coefficient (Wildman–Crippen LogP) is 2.57. The summed E-state index contributed by atoms with van der Waals surface area (Å²) in [6.07, 6.45) is 9.05. The highest BCUT2D eigenvalue weighted by Crippen LogP contribution is 2.45. The zero-order chi connectivity index (χ0) is 14.0. The Morgan fingerprint density at radius 3 is 2.65 bits per heavy atom. The lowest BCUT2D eigenvalue weighted by Gasteiger charge is -2.28. The molecule has 2 N–H and O–H groups in total. The van der Waals surface area contributed by atoms with Gasteiger partial charge in [-0.05, 0) is 43.7 Å². The van der Waals surface area contributed by atoms with Gasteiger partial charge in [0.05, 0.1) is 12.8 Å². The number of nitrogens with one attached hydrogen (secondary N) is 1.